The number of nitrogens with zero attached hydrogens (tertiary/aromatic N) is 1. The number of likely N-dealkylation sites (tertiary alicyclic amines) is 1. The number of carboxylic acids is 1. The fourth-order valence-corrected chi connectivity index (χ4v) is 3.42. The summed E-state index contributed by atoms with van der Waals surface area (Å²) < 4.78 is 10.8. The Labute approximate surface area is 129 Å². The molecule has 0 radical (unpaired) electrons. The van der Waals surface area contributed by atoms with Gasteiger partial charge in [-0.1, -0.05) is 12.1 Å². The zero-order chi connectivity index (χ0) is 15.6. The lowest BCUT2D eigenvalue weighted by molar-refractivity contribution is -0.149. The van der Waals surface area contributed by atoms with Gasteiger partial charge in [0, 0.05) is 25.6 Å². The number of carbonyl (C=O) groups is 1. The molecule has 1 aromatic rings. The van der Waals surface area contributed by atoms with E-state index in [4.69, 9.17) is 14.6 Å². The van der Waals surface area contributed by atoms with Crippen molar-refractivity contribution < 1.29 is 24.5 Å². The summed E-state index contributed by atoms with van der Waals surface area (Å²) in [5, 5.41) is 18.3. The highest BCUT2D eigenvalue weighted by molar-refractivity contribution is 5.76. The van der Waals surface area contributed by atoms with E-state index in [0.29, 0.717) is 26.3 Å². The predicted molar refractivity (Wildman–Crippen MR) is 78.7 cm³/mol. The van der Waals surface area contributed by atoms with Crippen LogP contribution in [0.3, 0.4) is 0 Å². The Hall–Kier alpha value is -1.63. The first-order valence-corrected chi connectivity index (χ1v) is 7.50. The molecule has 2 aliphatic heterocycles. The van der Waals surface area contributed by atoms with Crippen molar-refractivity contribution in [2.24, 2.45) is 11.3 Å². The van der Waals surface area contributed by atoms with Gasteiger partial charge in [-0.2, -0.15) is 0 Å². The molecule has 120 valence electrons. The molecule has 22 heavy (non-hydrogen) atoms. The number of rotatable bonds is 6. The van der Waals surface area contributed by atoms with Crippen molar-refractivity contribution in [2.75, 3.05) is 39.5 Å². The van der Waals surface area contributed by atoms with E-state index in [2.05, 4.69) is 4.90 Å². The Morgan fingerprint density at radius 2 is 2.36 bits per heavy atom. The maximum atomic E-state index is 11.6. The molecule has 3 rings (SSSR count). The maximum absolute atomic E-state index is 11.6. The van der Waals surface area contributed by atoms with E-state index in [9.17, 15) is 9.90 Å². The van der Waals surface area contributed by atoms with E-state index in [1.54, 1.807) is 0 Å². The van der Waals surface area contributed by atoms with Crippen molar-refractivity contribution in [3.05, 3.63) is 29.8 Å². The molecule has 1 aromatic carbocycles. The Morgan fingerprint density at radius 3 is 3.09 bits per heavy atom. The number of benzene rings is 1. The standard InChI is InChI=1S/C16H21NO5/c18-4-5-22-14-3-1-2-12(6-14)7-17-8-13-9-21-11-16(13,10-17)15(19)20/h1-3,6,13,18H,4-5,7-11H2,(H,19,20)/t13-,16-/m1/s1. The first-order chi connectivity index (χ1) is 10.6. The van der Waals surface area contributed by atoms with Crippen LogP contribution < -0.4 is 4.74 Å². The van der Waals surface area contributed by atoms with Crippen LogP contribution in [0.2, 0.25) is 0 Å². The molecule has 0 aliphatic carbocycles. The quantitative estimate of drug-likeness (QED) is 0.801. The highest BCUT2D eigenvalue weighted by Gasteiger charge is 2.55. The van der Waals surface area contributed by atoms with Gasteiger partial charge in [-0.05, 0) is 17.7 Å². The van der Waals surface area contributed by atoms with Gasteiger partial charge in [-0.3, -0.25) is 9.69 Å². The van der Waals surface area contributed by atoms with Gasteiger partial charge in [0.1, 0.15) is 17.8 Å². The summed E-state index contributed by atoms with van der Waals surface area (Å²) in [6.07, 6.45) is 0. The average molecular weight is 307 g/mol. The van der Waals surface area contributed by atoms with Gasteiger partial charge in [-0.15, -0.1) is 0 Å². The molecule has 0 bridgehead atoms. The summed E-state index contributed by atoms with van der Waals surface area (Å²) in [6.45, 7) is 3.06. The van der Waals surface area contributed by atoms with E-state index in [0.717, 1.165) is 17.9 Å². The Kier molecular flexibility index (Phi) is 4.33. The summed E-state index contributed by atoms with van der Waals surface area (Å²) >= 11 is 0. The zero-order valence-corrected chi connectivity index (χ0v) is 12.4. The minimum atomic E-state index is -0.752. The molecule has 2 saturated heterocycles. The summed E-state index contributed by atoms with van der Waals surface area (Å²) in [5.41, 5.74) is 0.335. The molecule has 0 unspecified atom stereocenters. The van der Waals surface area contributed by atoms with Gasteiger partial charge in [0.2, 0.25) is 0 Å². The fourth-order valence-electron chi connectivity index (χ4n) is 3.42. The van der Waals surface area contributed by atoms with Crippen LogP contribution in [0.25, 0.3) is 0 Å². The summed E-state index contributed by atoms with van der Waals surface area (Å²) in [7, 11) is 0. The van der Waals surface area contributed by atoms with Crippen LogP contribution in [0.1, 0.15) is 5.56 Å². The summed E-state index contributed by atoms with van der Waals surface area (Å²) in [5.74, 6) is 0.0403. The van der Waals surface area contributed by atoms with Crippen LogP contribution in [0.4, 0.5) is 0 Å². The Bertz CT molecular complexity index is 549. The maximum Gasteiger partial charge on any atom is 0.313 e. The number of aliphatic hydroxyl groups is 1. The lowest BCUT2D eigenvalue weighted by Crippen LogP contribution is -2.38. The SMILES string of the molecule is O=C(O)[C@]12COC[C@H]1CN(Cc1cccc(OCCO)c1)C2. The summed E-state index contributed by atoms with van der Waals surface area (Å²) in [4.78, 5) is 13.8. The van der Waals surface area contributed by atoms with Gasteiger partial charge in [0.15, 0.2) is 0 Å². The van der Waals surface area contributed by atoms with E-state index < -0.39 is 11.4 Å². The van der Waals surface area contributed by atoms with Crippen LogP contribution in [0.5, 0.6) is 5.75 Å². The molecule has 0 aromatic heterocycles. The smallest absolute Gasteiger partial charge is 0.313 e. The second kappa shape index (κ2) is 6.24. The largest absolute Gasteiger partial charge is 0.491 e. The first-order valence-electron chi connectivity index (χ1n) is 7.50. The van der Waals surface area contributed by atoms with Crippen molar-refractivity contribution in [1.29, 1.82) is 0 Å². The molecule has 6 nitrogen and oxygen atoms in total. The van der Waals surface area contributed by atoms with Crippen LogP contribution >= 0.6 is 0 Å². The van der Waals surface area contributed by atoms with Crippen molar-refractivity contribution in [3.63, 3.8) is 0 Å². The van der Waals surface area contributed by atoms with Crippen molar-refractivity contribution in [2.45, 2.75) is 6.54 Å². The molecular formula is C16H21NO5. The lowest BCUT2D eigenvalue weighted by atomic mass is 9.81. The number of aliphatic carboxylic acids is 1. The molecule has 6 heteroatoms. The second-order valence-electron chi connectivity index (χ2n) is 6.06. The third kappa shape index (κ3) is 2.82. The van der Waals surface area contributed by atoms with E-state index in [1.165, 1.54) is 0 Å². The predicted octanol–water partition coefficient (Wildman–Crippen LogP) is 0.591. The molecule has 2 heterocycles. The number of ether oxygens (including phenoxy) is 2. The molecule has 0 spiro atoms. The lowest BCUT2D eigenvalue weighted by Gasteiger charge is -2.22. The minimum absolute atomic E-state index is 0.0147. The average Bonchev–Trinajstić information content (AvgIpc) is 3.03. The van der Waals surface area contributed by atoms with Crippen LogP contribution in [0, 0.1) is 11.3 Å². The molecular weight excluding hydrogens is 286 g/mol. The monoisotopic (exact) mass is 307 g/mol. The Morgan fingerprint density at radius 1 is 1.50 bits per heavy atom. The topological polar surface area (TPSA) is 79.2 Å². The third-order valence-corrected chi connectivity index (χ3v) is 4.54. The highest BCUT2D eigenvalue weighted by atomic mass is 16.5. The number of hydrogen-bond donors (Lipinski definition) is 2. The van der Waals surface area contributed by atoms with Crippen molar-refractivity contribution in [3.8, 4) is 5.75 Å². The van der Waals surface area contributed by atoms with E-state index in [-0.39, 0.29) is 19.1 Å². The van der Waals surface area contributed by atoms with Crippen molar-refractivity contribution in [1.82, 2.24) is 4.90 Å². The minimum Gasteiger partial charge on any atom is -0.491 e. The molecule has 2 aliphatic rings. The van der Waals surface area contributed by atoms with E-state index in [1.807, 2.05) is 24.3 Å². The third-order valence-electron chi connectivity index (χ3n) is 4.54. The van der Waals surface area contributed by atoms with Crippen LogP contribution in [0.15, 0.2) is 24.3 Å². The molecule has 2 atom stereocenters. The first kappa shape index (κ1) is 15.3. The van der Waals surface area contributed by atoms with Crippen LogP contribution in [-0.4, -0.2) is 60.6 Å². The number of carboxylic acid groups (broad SMARTS) is 1. The molecule has 2 N–H and O–H groups in total. The van der Waals surface area contributed by atoms with Gasteiger partial charge < -0.3 is 19.7 Å². The van der Waals surface area contributed by atoms with Gasteiger partial charge in [0.25, 0.3) is 0 Å². The van der Waals surface area contributed by atoms with Gasteiger partial charge >= 0.3 is 5.97 Å². The highest BCUT2D eigenvalue weighted by Crippen LogP contribution is 2.42. The fraction of sp³-hybridized carbons (Fsp3) is 0.562. The normalized spacial score (nSPS) is 27.8. The second-order valence-corrected chi connectivity index (χ2v) is 6.06. The molecule has 2 fully saturated rings. The van der Waals surface area contributed by atoms with Crippen molar-refractivity contribution >= 4 is 5.97 Å². The van der Waals surface area contributed by atoms with Gasteiger partial charge in [-0.25, -0.2) is 0 Å². The molecule has 0 amide bonds. The number of aliphatic hydroxyl groups excluding tert-OH is 1. The zero-order valence-electron chi connectivity index (χ0n) is 12.4. The summed E-state index contributed by atoms with van der Waals surface area (Å²) in [6, 6.07) is 7.71. The molecule has 0 saturated carbocycles. The van der Waals surface area contributed by atoms with Gasteiger partial charge in [0.05, 0.1) is 19.8 Å². The number of fused-ring (bicyclic) bond motifs is 1. The Balaban J connectivity index is 1.66. The van der Waals surface area contributed by atoms with Crippen LogP contribution in [-0.2, 0) is 16.1 Å². The number of hydrogen-bond acceptors (Lipinski definition) is 5. The van der Waals surface area contributed by atoms with E-state index >= 15 is 0 Å².